The fraction of sp³-hybridized carbons (Fsp3) is 0.0435. The molecule has 0 fully saturated rings. The predicted molar refractivity (Wildman–Crippen MR) is 112 cm³/mol. The molecule has 0 aliphatic carbocycles. The SMILES string of the molecule is Cc1c(-c2ccccc2)oc2c(C(=O)Nc3ccccc3Cl)cccc2c1=O. The number of amides is 1. The lowest BCUT2D eigenvalue weighted by Gasteiger charge is -2.11. The fourth-order valence-electron chi connectivity index (χ4n) is 3.11. The lowest BCUT2D eigenvalue weighted by molar-refractivity contribution is 0.102. The third-order valence-corrected chi connectivity index (χ3v) is 4.88. The molecule has 0 aliphatic heterocycles. The number of nitrogens with one attached hydrogen (secondary N) is 1. The van der Waals surface area contributed by atoms with Crippen LogP contribution in [0.4, 0.5) is 5.69 Å². The van der Waals surface area contributed by atoms with E-state index in [-0.39, 0.29) is 16.6 Å². The minimum atomic E-state index is -0.398. The van der Waals surface area contributed by atoms with Crippen LogP contribution in [0.2, 0.25) is 5.02 Å². The minimum absolute atomic E-state index is 0.160. The van der Waals surface area contributed by atoms with Gasteiger partial charge in [0.2, 0.25) is 0 Å². The summed E-state index contributed by atoms with van der Waals surface area (Å²) in [6.45, 7) is 1.73. The van der Waals surface area contributed by atoms with Crippen LogP contribution in [-0.2, 0) is 0 Å². The van der Waals surface area contributed by atoms with E-state index in [1.807, 2.05) is 30.3 Å². The maximum Gasteiger partial charge on any atom is 0.259 e. The van der Waals surface area contributed by atoms with E-state index in [1.54, 1.807) is 49.4 Å². The van der Waals surface area contributed by atoms with E-state index in [4.69, 9.17) is 16.0 Å². The highest BCUT2D eigenvalue weighted by Gasteiger charge is 2.18. The Hall–Kier alpha value is -3.37. The number of para-hydroxylation sites is 2. The number of rotatable bonds is 3. The number of carbonyl (C=O) groups is 1. The van der Waals surface area contributed by atoms with E-state index < -0.39 is 5.91 Å². The first kappa shape index (κ1) is 18.0. The molecule has 0 aliphatic rings. The second-order valence-electron chi connectivity index (χ2n) is 6.37. The number of benzene rings is 3. The molecular weight excluding hydrogens is 374 g/mol. The first-order valence-electron chi connectivity index (χ1n) is 8.74. The second-order valence-corrected chi connectivity index (χ2v) is 6.77. The van der Waals surface area contributed by atoms with Crippen molar-refractivity contribution in [3.63, 3.8) is 0 Å². The summed E-state index contributed by atoms with van der Waals surface area (Å²) >= 11 is 6.14. The number of hydrogen-bond acceptors (Lipinski definition) is 3. The van der Waals surface area contributed by atoms with E-state index in [1.165, 1.54) is 0 Å². The van der Waals surface area contributed by atoms with Crippen LogP contribution in [0, 0.1) is 6.92 Å². The van der Waals surface area contributed by atoms with Crippen molar-refractivity contribution in [2.24, 2.45) is 0 Å². The number of fused-ring (bicyclic) bond motifs is 1. The Labute approximate surface area is 166 Å². The van der Waals surface area contributed by atoms with Gasteiger partial charge in [0.15, 0.2) is 11.0 Å². The molecule has 0 spiro atoms. The molecule has 0 atom stereocenters. The summed E-state index contributed by atoms with van der Waals surface area (Å²) in [5, 5.41) is 3.57. The summed E-state index contributed by atoms with van der Waals surface area (Å²) in [6, 6.07) is 21.3. The summed E-state index contributed by atoms with van der Waals surface area (Å²) in [5.41, 5.74) is 2.13. The lowest BCUT2D eigenvalue weighted by atomic mass is 10.0. The van der Waals surface area contributed by atoms with Gasteiger partial charge in [-0.25, -0.2) is 0 Å². The zero-order chi connectivity index (χ0) is 19.7. The first-order chi connectivity index (χ1) is 13.6. The van der Waals surface area contributed by atoms with Crippen LogP contribution in [0.3, 0.4) is 0 Å². The summed E-state index contributed by atoms with van der Waals surface area (Å²) in [5.74, 6) is 0.0563. The van der Waals surface area contributed by atoms with Gasteiger partial charge in [-0.3, -0.25) is 9.59 Å². The number of carbonyl (C=O) groups excluding carboxylic acids is 1. The molecule has 0 radical (unpaired) electrons. The normalized spacial score (nSPS) is 10.8. The highest BCUT2D eigenvalue weighted by atomic mass is 35.5. The van der Waals surface area contributed by atoms with Gasteiger partial charge in [0.1, 0.15) is 5.76 Å². The molecule has 1 heterocycles. The molecular formula is C23H16ClNO3. The van der Waals surface area contributed by atoms with Crippen LogP contribution in [-0.4, -0.2) is 5.91 Å². The van der Waals surface area contributed by atoms with E-state index in [2.05, 4.69) is 5.32 Å². The molecule has 4 aromatic rings. The summed E-state index contributed by atoms with van der Waals surface area (Å²) in [4.78, 5) is 25.8. The van der Waals surface area contributed by atoms with E-state index in [0.29, 0.717) is 27.4 Å². The number of halogens is 1. The van der Waals surface area contributed by atoms with Gasteiger partial charge in [-0.15, -0.1) is 0 Å². The summed E-state index contributed by atoms with van der Waals surface area (Å²) in [6.07, 6.45) is 0. The van der Waals surface area contributed by atoms with Crippen molar-refractivity contribution in [1.82, 2.24) is 0 Å². The van der Waals surface area contributed by atoms with Gasteiger partial charge in [-0.2, -0.15) is 0 Å². The van der Waals surface area contributed by atoms with Gasteiger partial charge in [-0.1, -0.05) is 60.1 Å². The van der Waals surface area contributed by atoms with Crippen LogP contribution in [0.25, 0.3) is 22.3 Å². The Morgan fingerprint density at radius 2 is 1.64 bits per heavy atom. The monoisotopic (exact) mass is 389 g/mol. The van der Waals surface area contributed by atoms with Crippen molar-refractivity contribution in [2.45, 2.75) is 6.92 Å². The predicted octanol–water partition coefficient (Wildman–Crippen LogP) is 5.67. The van der Waals surface area contributed by atoms with Gasteiger partial charge in [0, 0.05) is 11.1 Å². The van der Waals surface area contributed by atoms with Crippen LogP contribution >= 0.6 is 11.6 Å². The molecule has 1 amide bonds. The van der Waals surface area contributed by atoms with Gasteiger partial charge in [0.05, 0.1) is 21.7 Å². The summed E-state index contributed by atoms with van der Waals surface area (Å²) < 4.78 is 6.09. The lowest BCUT2D eigenvalue weighted by Crippen LogP contribution is -2.15. The van der Waals surface area contributed by atoms with Gasteiger partial charge in [0.25, 0.3) is 5.91 Å². The van der Waals surface area contributed by atoms with Crippen LogP contribution in [0.1, 0.15) is 15.9 Å². The molecule has 1 N–H and O–H groups in total. The quantitative estimate of drug-likeness (QED) is 0.490. The molecule has 0 unspecified atom stereocenters. The van der Waals surface area contributed by atoms with Crippen molar-refractivity contribution < 1.29 is 9.21 Å². The van der Waals surface area contributed by atoms with Crippen molar-refractivity contribution in [1.29, 1.82) is 0 Å². The van der Waals surface area contributed by atoms with Crippen LogP contribution < -0.4 is 10.7 Å². The topological polar surface area (TPSA) is 59.3 Å². The molecule has 0 saturated carbocycles. The Bertz CT molecular complexity index is 1250. The highest BCUT2D eigenvalue weighted by Crippen LogP contribution is 2.28. The van der Waals surface area contributed by atoms with Crippen molar-refractivity contribution in [3.05, 3.63) is 99.2 Å². The average Bonchev–Trinajstić information content (AvgIpc) is 2.72. The molecule has 4 nitrogen and oxygen atoms in total. The smallest absolute Gasteiger partial charge is 0.259 e. The molecule has 5 heteroatoms. The first-order valence-corrected chi connectivity index (χ1v) is 9.12. The Kier molecular flexibility index (Phi) is 4.72. The number of hydrogen-bond donors (Lipinski definition) is 1. The minimum Gasteiger partial charge on any atom is -0.455 e. The van der Waals surface area contributed by atoms with Crippen LogP contribution in [0.5, 0.6) is 0 Å². The summed E-state index contributed by atoms with van der Waals surface area (Å²) in [7, 11) is 0. The molecule has 4 rings (SSSR count). The van der Waals surface area contributed by atoms with Crippen molar-refractivity contribution in [3.8, 4) is 11.3 Å². The molecule has 0 bridgehead atoms. The zero-order valence-corrected chi connectivity index (χ0v) is 15.8. The molecule has 28 heavy (non-hydrogen) atoms. The largest absolute Gasteiger partial charge is 0.455 e. The van der Waals surface area contributed by atoms with E-state index >= 15 is 0 Å². The molecule has 1 aromatic heterocycles. The molecule has 138 valence electrons. The van der Waals surface area contributed by atoms with Crippen molar-refractivity contribution in [2.75, 3.05) is 5.32 Å². The third kappa shape index (κ3) is 3.19. The molecule has 0 saturated heterocycles. The Morgan fingerprint density at radius 1 is 0.929 bits per heavy atom. The van der Waals surface area contributed by atoms with Gasteiger partial charge >= 0.3 is 0 Å². The van der Waals surface area contributed by atoms with E-state index in [9.17, 15) is 9.59 Å². The average molecular weight is 390 g/mol. The molecule has 3 aromatic carbocycles. The van der Waals surface area contributed by atoms with Gasteiger partial charge in [-0.05, 0) is 31.2 Å². The van der Waals surface area contributed by atoms with Crippen LogP contribution in [0.15, 0.2) is 82.0 Å². The third-order valence-electron chi connectivity index (χ3n) is 4.55. The second kappa shape index (κ2) is 7.33. The Balaban J connectivity index is 1.88. The van der Waals surface area contributed by atoms with Crippen molar-refractivity contribution >= 4 is 34.2 Å². The Morgan fingerprint density at radius 3 is 2.39 bits per heavy atom. The van der Waals surface area contributed by atoms with Gasteiger partial charge < -0.3 is 9.73 Å². The maximum atomic E-state index is 12.9. The fourth-order valence-corrected chi connectivity index (χ4v) is 3.29. The maximum absolute atomic E-state index is 12.9. The van der Waals surface area contributed by atoms with E-state index in [0.717, 1.165) is 5.56 Å². The zero-order valence-electron chi connectivity index (χ0n) is 15.0. The highest BCUT2D eigenvalue weighted by molar-refractivity contribution is 6.34. The number of anilines is 1. The standard InChI is InChI=1S/C23H16ClNO3/c1-14-20(26)16-10-7-11-17(23(27)25-19-13-6-5-12-18(19)24)22(16)28-21(14)15-8-3-2-4-9-15/h2-13H,1H3,(H,25,27).